The zero-order chi connectivity index (χ0) is 18.3. The van der Waals surface area contributed by atoms with Gasteiger partial charge in [0.05, 0.1) is 26.2 Å². The van der Waals surface area contributed by atoms with Crippen LogP contribution in [-0.2, 0) is 0 Å². The van der Waals surface area contributed by atoms with Crippen molar-refractivity contribution in [3.05, 3.63) is 59.7 Å². The molecule has 3 nitrogen and oxygen atoms in total. The van der Waals surface area contributed by atoms with Crippen molar-refractivity contribution in [1.82, 2.24) is 0 Å². The summed E-state index contributed by atoms with van der Waals surface area (Å²) in [4.78, 5) is 0. The molecule has 2 aliphatic heterocycles. The molecule has 0 radical (unpaired) electrons. The lowest BCUT2D eigenvalue weighted by atomic mass is 9.78. The molecule has 0 amide bonds. The van der Waals surface area contributed by atoms with Crippen molar-refractivity contribution >= 4 is 0 Å². The number of phenolic OH excluding ortho intramolecular Hbond substituents is 2. The Balaban J connectivity index is 0.00000210. The highest BCUT2D eigenvalue weighted by molar-refractivity contribution is 5.39. The Morgan fingerprint density at radius 3 is 1.81 bits per heavy atom. The highest BCUT2D eigenvalue weighted by atomic mass is 79.9. The van der Waals surface area contributed by atoms with Crippen LogP contribution in [0.5, 0.6) is 11.5 Å². The molecule has 2 fully saturated rings. The van der Waals surface area contributed by atoms with Crippen molar-refractivity contribution in [2.75, 3.05) is 14.1 Å². The summed E-state index contributed by atoms with van der Waals surface area (Å²) in [5, 5.41) is 20.0. The van der Waals surface area contributed by atoms with Crippen molar-refractivity contribution in [2.45, 2.75) is 50.1 Å². The van der Waals surface area contributed by atoms with Crippen molar-refractivity contribution in [3.63, 3.8) is 0 Å². The molecule has 0 aliphatic carbocycles. The second-order valence-corrected chi connectivity index (χ2v) is 8.83. The van der Waals surface area contributed by atoms with Crippen LogP contribution in [0.15, 0.2) is 48.5 Å². The molecule has 146 valence electrons. The fourth-order valence-electron chi connectivity index (χ4n) is 5.47. The molecule has 2 aromatic rings. The molecule has 0 saturated carbocycles. The van der Waals surface area contributed by atoms with Gasteiger partial charge in [-0.1, -0.05) is 24.3 Å². The lowest BCUT2D eigenvalue weighted by Gasteiger charge is -2.45. The molecule has 2 aliphatic rings. The van der Waals surface area contributed by atoms with Crippen LogP contribution >= 0.6 is 0 Å². The molecule has 0 aromatic heterocycles. The quantitative estimate of drug-likeness (QED) is 0.722. The zero-order valence-electron chi connectivity index (χ0n) is 16.2. The molecular formula is C23H30BrNO2. The molecule has 2 atom stereocenters. The van der Waals surface area contributed by atoms with E-state index in [2.05, 4.69) is 26.2 Å². The molecule has 2 N–H and O–H groups in total. The topological polar surface area (TPSA) is 40.5 Å². The lowest BCUT2D eigenvalue weighted by Crippen LogP contribution is -3.00. The number of phenols is 2. The third-order valence-electron chi connectivity index (χ3n) is 7.04. The van der Waals surface area contributed by atoms with Gasteiger partial charge in [-0.3, -0.25) is 0 Å². The van der Waals surface area contributed by atoms with E-state index >= 15 is 0 Å². The van der Waals surface area contributed by atoms with Gasteiger partial charge < -0.3 is 31.7 Å². The number of rotatable bonds is 4. The first kappa shape index (κ1) is 20.2. The molecule has 0 spiro atoms. The van der Waals surface area contributed by atoms with Crippen LogP contribution < -0.4 is 17.0 Å². The number of benzene rings is 2. The first-order chi connectivity index (χ1) is 12.4. The molecular weight excluding hydrogens is 402 g/mol. The van der Waals surface area contributed by atoms with Crippen LogP contribution in [0.2, 0.25) is 0 Å². The van der Waals surface area contributed by atoms with Gasteiger partial charge in [0, 0.05) is 31.6 Å². The van der Waals surface area contributed by atoms with Crippen LogP contribution in [0.25, 0.3) is 0 Å². The average Bonchev–Trinajstić information content (AvgIpc) is 2.77. The molecule has 27 heavy (non-hydrogen) atoms. The second-order valence-electron chi connectivity index (χ2n) is 8.83. The maximum absolute atomic E-state index is 9.98. The van der Waals surface area contributed by atoms with E-state index in [0.717, 1.165) is 29.6 Å². The van der Waals surface area contributed by atoms with E-state index in [4.69, 9.17) is 0 Å². The molecule has 0 unspecified atom stereocenters. The largest absolute Gasteiger partial charge is 1.00 e. The Morgan fingerprint density at radius 1 is 0.889 bits per heavy atom. The van der Waals surface area contributed by atoms with Crippen LogP contribution in [-0.4, -0.2) is 40.9 Å². The maximum Gasteiger partial charge on any atom is 0.115 e. The summed E-state index contributed by atoms with van der Waals surface area (Å²) in [5.41, 5.74) is 2.28. The summed E-state index contributed by atoms with van der Waals surface area (Å²) < 4.78 is 1.19. The minimum absolute atomic E-state index is 0. The molecule has 2 heterocycles. The Hall–Kier alpha value is -1.52. The van der Waals surface area contributed by atoms with Gasteiger partial charge in [0.25, 0.3) is 0 Å². The Bertz CT molecular complexity index is 730. The summed E-state index contributed by atoms with van der Waals surface area (Å²) in [6.07, 6.45) is 6.38. The predicted molar refractivity (Wildman–Crippen MR) is 104 cm³/mol. The monoisotopic (exact) mass is 431 g/mol. The lowest BCUT2D eigenvalue weighted by molar-refractivity contribution is -0.931. The van der Waals surface area contributed by atoms with Crippen molar-refractivity contribution in [3.8, 4) is 11.5 Å². The maximum atomic E-state index is 9.98. The summed E-state index contributed by atoms with van der Waals surface area (Å²) >= 11 is 0. The number of quaternary nitrogens is 1. The van der Waals surface area contributed by atoms with E-state index in [1.807, 2.05) is 24.3 Å². The van der Waals surface area contributed by atoms with E-state index in [0.29, 0.717) is 17.4 Å². The van der Waals surface area contributed by atoms with Crippen molar-refractivity contribution in [1.29, 1.82) is 0 Å². The number of fused-ring (bicyclic) bond motifs is 2. The third-order valence-corrected chi connectivity index (χ3v) is 7.04. The highest BCUT2D eigenvalue weighted by Gasteiger charge is 2.49. The van der Waals surface area contributed by atoms with Gasteiger partial charge >= 0.3 is 0 Å². The second kappa shape index (κ2) is 7.84. The highest BCUT2D eigenvalue weighted by Crippen LogP contribution is 2.46. The Labute approximate surface area is 173 Å². The van der Waals surface area contributed by atoms with Crippen LogP contribution in [0.4, 0.5) is 0 Å². The first-order valence-corrected chi connectivity index (χ1v) is 9.84. The molecule has 2 aromatic carbocycles. The minimum atomic E-state index is 0. The van der Waals surface area contributed by atoms with E-state index in [-0.39, 0.29) is 22.9 Å². The summed E-state index contributed by atoms with van der Waals surface area (Å²) in [5.74, 6) is 1.55. The first-order valence-electron chi connectivity index (χ1n) is 9.84. The van der Waals surface area contributed by atoms with E-state index in [1.165, 1.54) is 30.2 Å². The summed E-state index contributed by atoms with van der Waals surface area (Å²) in [7, 11) is 4.81. The average molecular weight is 432 g/mol. The number of piperidine rings is 1. The number of hydrogen-bond donors (Lipinski definition) is 2. The van der Waals surface area contributed by atoms with Gasteiger partial charge in [0.2, 0.25) is 0 Å². The van der Waals surface area contributed by atoms with Crippen molar-refractivity contribution < 1.29 is 31.7 Å². The van der Waals surface area contributed by atoms with Crippen LogP contribution in [0.3, 0.4) is 0 Å². The minimum Gasteiger partial charge on any atom is -1.00 e. The normalized spacial score (nSPS) is 26.0. The summed E-state index contributed by atoms with van der Waals surface area (Å²) in [6.45, 7) is 0. The molecule has 2 bridgehead atoms. The van der Waals surface area contributed by atoms with Crippen LogP contribution in [0, 0.1) is 5.92 Å². The SMILES string of the molecule is C[N+]1(C)[C@H]2CC[C@H]1CC(CC(c1cccc(O)c1)c1cccc(O)c1)C2.[Br-]. The molecule has 4 rings (SSSR count). The number of nitrogens with zero attached hydrogens (tertiary/aromatic N) is 1. The zero-order valence-corrected chi connectivity index (χ0v) is 17.8. The predicted octanol–water partition coefficient (Wildman–Crippen LogP) is 1.64. The third kappa shape index (κ3) is 4.02. The Morgan fingerprint density at radius 2 is 1.37 bits per heavy atom. The van der Waals surface area contributed by atoms with Crippen molar-refractivity contribution in [2.24, 2.45) is 5.92 Å². The smallest absolute Gasteiger partial charge is 0.115 e. The van der Waals surface area contributed by atoms with Gasteiger partial charge in [0.15, 0.2) is 0 Å². The fraction of sp³-hybridized carbons (Fsp3) is 0.478. The van der Waals surface area contributed by atoms with Gasteiger partial charge in [-0.25, -0.2) is 0 Å². The standard InChI is InChI=1S/C23H29NO2.BrH/c1-24(2)19-9-10-20(24)12-16(11-19)13-23(17-5-3-7-21(25)14-17)18-6-4-8-22(26)15-18;/h3-8,14-16,19-20,23H,9-13H2,1-2H3,(H-,25,26);1H/t19-,20-;/m0./s1. The van der Waals surface area contributed by atoms with Crippen LogP contribution in [0.1, 0.15) is 49.1 Å². The number of hydrogen-bond acceptors (Lipinski definition) is 2. The van der Waals surface area contributed by atoms with Gasteiger partial charge in [-0.2, -0.15) is 0 Å². The van der Waals surface area contributed by atoms with Gasteiger partial charge in [0.1, 0.15) is 11.5 Å². The molecule has 4 heteroatoms. The van der Waals surface area contributed by atoms with Gasteiger partial charge in [-0.15, -0.1) is 0 Å². The number of halogens is 1. The summed E-state index contributed by atoms with van der Waals surface area (Å²) in [6, 6.07) is 16.8. The van der Waals surface area contributed by atoms with E-state index < -0.39 is 0 Å². The Kier molecular flexibility index (Phi) is 5.87. The fourth-order valence-corrected chi connectivity index (χ4v) is 5.47. The number of aromatic hydroxyl groups is 2. The van der Waals surface area contributed by atoms with E-state index in [1.54, 1.807) is 12.1 Å². The van der Waals surface area contributed by atoms with Gasteiger partial charge in [-0.05, 0) is 47.7 Å². The molecule has 2 saturated heterocycles. The van der Waals surface area contributed by atoms with E-state index in [9.17, 15) is 10.2 Å².